The van der Waals surface area contributed by atoms with Crippen LogP contribution in [0.3, 0.4) is 0 Å². The molecule has 0 spiro atoms. The van der Waals surface area contributed by atoms with Crippen LogP contribution < -0.4 is 5.32 Å². The molecule has 2 aliphatic rings. The minimum absolute atomic E-state index is 0.274. The SMILES string of the molecule is Cc1ccc2nc(NCC3CCCO3)n3c(C4CC4)nnc3c2c1. The van der Waals surface area contributed by atoms with Crippen molar-refractivity contribution in [2.45, 2.75) is 44.6 Å². The van der Waals surface area contributed by atoms with Gasteiger partial charge in [0.15, 0.2) is 5.65 Å². The third-order valence-electron chi connectivity index (χ3n) is 4.97. The maximum atomic E-state index is 5.73. The summed E-state index contributed by atoms with van der Waals surface area (Å²) in [5, 5.41) is 13.5. The number of ether oxygens (including phenoxy) is 1. The number of nitrogens with zero attached hydrogens (tertiary/aromatic N) is 4. The summed E-state index contributed by atoms with van der Waals surface area (Å²) in [5.74, 6) is 2.40. The van der Waals surface area contributed by atoms with Crippen LogP contribution in [0.15, 0.2) is 18.2 Å². The molecule has 1 unspecified atom stereocenters. The van der Waals surface area contributed by atoms with Gasteiger partial charge in [0.1, 0.15) is 5.82 Å². The van der Waals surface area contributed by atoms with Crippen LogP contribution in [0.4, 0.5) is 5.95 Å². The number of fused-ring (bicyclic) bond motifs is 3. The van der Waals surface area contributed by atoms with Crippen LogP contribution in [0.5, 0.6) is 0 Å². The molecule has 5 rings (SSSR count). The van der Waals surface area contributed by atoms with E-state index in [4.69, 9.17) is 9.72 Å². The topological polar surface area (TPSA) is 64.3 Å². The Bertz CT molecular complexity index is 909. The Morgan fingerprint density at radius 3 is 2.96 bits per heavy atom. The Balaban J connectivity index is 1.64. The van der Waals surface area contributed by atoms with Crippen molar-refractivity contribution < 1.29 is 4.74 Å². The number of hydrogen-bond acceptors (Lipinski definition) is 5. The van der Waals surface area contributed by atoms with E-state index in [1.54, 1.807) is 0 Å². The van der Waals surface area contributed by atoms with E-state index in [1.807, 2.05) is 0 Å². The second-order valence-corrected chi connectivity index (χ2v) is 6.96. The molecule has 1 aromatic carbocycles. The fourth-order valence-corrected chi connectivity index (χ4v) is 3.51. The predicted molar refractivity (Wildman–Crippen MR) is 92.5 cm³/mol. The van der Waals surface area contributed by atoms with Gasteiger partial charge in [0, 0.05) is 24.5 Å². The third kappa shape index (κ3) is 2.33. The van der Waals surface area contributed by atoms with Crippen molar-refractivity contribution in [1.82, 2.24) is 19.6 Å². The van der Waals surface area contributed by atoms with Gasteiger partial charge in [-0.15, -0.1) is 10.2 Å². The Morgan fingerprint density at radius 2 is 2.17 bits per heavy atom. The maximum absolute atomic E-state index is 5.73. The Labute approximate surface area is 140 Å². The van der Waals surface area contributed by atoms with Crippen LogP contribution in [-0.2, 0) is 4.74 Å². The first kappa shape index (κ1) is 14.2. The standard InChI is InChI=1S/C18H21N5O/c1-11-4-7-15-14(9-11)17-22-21-16(12-5-6-12)23(17)18(20-15)19-10-13-3-2-8-24-13/h4,7,9,12-13H,2-3,5-6,8,10H2,1H3,(H,19,20). The van der Waals surface area contributed by atoms with Crippen LogP contribution in [0.2, 0.25) is 0 Å². The molecule has 3 heterocycles. The fraction of sp³-hybridized carbons (Fsp3) is 0.500. The van der Waals surface area contributed by atoms with E-state index < -0.39 is 0 Å². The van der Waals surface area contributed by atoms with Crippen molar-refractivity contribution in [2.75, 3.05) is 18.5 Å². The van der Waals surface area contributed by atoms with Crippen LogP contribution in [0.1, 0.15) is 43.0 Å². The zero-order chi connectivity index (χ0) is 16.1. The van der Waals surface area contributed by atoms with Gasteiger partial charge in [0.05, 0.1) is 11.6 Å². The molecule has 0 amide bonds. The highest BCUT2D eigenvalue weighted by Gasteiger charge is 2.30. The summed E-state index contributed by atoms with van der Waals surface area (Å²) in [7, 11) is 0. The summed E-state index contributed by atoms with van der Waals surface area (Å²) in [6.07, 6.45) is 4.92. The lowest BCUT2D eigenvalue weighted by Gasteiger charge is -2.14. The summed E-state index contributed by atoms with van der Waals surface area (Å²) < 4.78 is 7.85. The van der Waals surface area contributed by atoms with Crippen molar-refractivity contribution in [2.24, 2.45) is 0 Å². The molecule has 1 N–H and O–H groups in total. The molecule has 6 nitrogen and oxygen atoms in total. The first-order valence-electron chi connectivity index (χ1n) is 8.80. The molecule has 1 aliphatic heterocycles. The average Bonchev–Trinajstić information content (AvgIpc) is 3.11. The number of rotatable bonds is 4. The van der Waals surface area contributed by atoms with Gasteiger partial charge in [-0.3, -0.25) is 0 Å². The Morgan fingerprint density at radius 1 is 1.25 bits per heavy atom. The largest absolute Gasteiger partial charge is 0.376 e. The summed E-state index contributed by atoms with van der Waals surface area (Å²) in [4.78, 5) is 4.86. The van der Waals surface area contributed by atoms with Gasteiger partial charge < -0.3 is 10.1 Å². The zero-order valence-corrected chi connectivity index (χ0v) is 13.8. The predicted octanol–water partition coefficient (Wildman–Crippen LogP) is 3.05. The molecule has 1 saturated carbocycles. The van der Waals surface area contributed by atoms with Crippen LogP contribution >= 0.6 is 0 Å². The maximum Gasteiger partial charge on any atom is 0.210 e. The molecule has 1 atom stereocenters. The van der Waals surface area contributed by atoms with Gasteiger partial charge in [0.2, 0.25) is 5.95 Å². The number of aromatic nitrogens is 4. The summed E-state index contributed by atoms with van der Waals surface area (Å²) in [5.41, 5.74) is 3.07. The molecule has 2 aromatic heterocycles. The summed E-state index contributed by atoms with van der Waals surface area (Å²) >= 11 is 0. The summed E-state index contributed by atoms with van der Waals surface area (Å²) in [6, 6.07) is 6.30. The van der Waals surface area contributed by atoms with Crippen LogP contribution in [0, 0.1) is 6.92 Å². The van der Waals surface area contributed by atoms with Crippen LogP contribution in [0.25, 0.3) is 16.6 Å². The zero-order valence-electron chi connectivity index (χ0n) is 13.8. The molecule has 24 heavy (non-hydrogen) atoms. The highest BCUT2D eigenvalue weighted by atomic mass is 16.5. The normalized spacial score (nSPS) is 21.0. The average molecular weight is 323 g/mol. The van der Waals surface area contributed by atoms with Gasteiger partial charge in [-0.1, -0.05) is 11.6 Å². The Kier molecular flexibility index (Phi) is 3.19. The number of anilines is 1. The number of benzene rings is 1. The molecule has 124 valence electrons. The van der Waals surface area contributed by atoms with E-state index >= 15 is 0 Å². The molecule has 6 heteroatoms. The molecular weight excluding hydrogens is 302 g/mol. The van der Waals surface area contributed by atoms with Crippen LogP contribution in [-0.4, -0.2) is 38.8 Å². The van der Waals surface area contributed by atoms with E-state index in [-0.39, 0.29) is 6.10 Å². The molecule has 3 aromatic rings. The van der Waals surface area contributed by atoms with Crippen molar-refractivity contribution in [3.63, 3.8) is 0 Å². The molecular formula is C18H21N5O. The number of nitrogens with one attached hydrogen (secondary N) is 1. The van der Waals surface area contributed by atoms with Crippen molar-refractivity contribution in [3.8, 4) is 0 Å². The minimum Gasteiger partial charge on any atom is -0.376 e. The lowest BCUT2D eigenvalue weighted by atomic mass is 10.1. The van der Waals surface area contributed by atoms with E-state index in [0.29, 0.717) is 5.92 Å². The lowest BCUT2D eigenvalue weighted by molar-refractivity contribution is 0.120. The first-order chi connectivity index (χ1) is 11.8. The minimum atomic E-state index is 0.274. The number of aryl methyl sites for hydroxylation is 1. The first-order valence-corrected chi connectivity index (χ1v) is 8.80. The monoisotopic (exact) mass is 323 g/mol. The van der Waals surface area contributed by atoms with Gasteiger partial charge in [-0.2, -0.15) is 0 Å². The van der Waals surface area contributed by atoms with Gasteiger partial charge >= 0.3 is 0 Å². The molecule has 1 saturated heterocycles. The fourth-order valence-electron chi connectivity index (χ4n) is 3.51. The Hall–Kier alpha value is -2.21. The third-order valence-corrected chi connectivity index (χ3v) is 4.97. The van der Waals surface area contributed by atoms with Gasteiger partial charge in [-0.05, 0) is 44.7 Å². The highest BCUT2D eigenvalue weighted by molar-refractivity contribution is 5.93. The van der Waals surface area contributed by atoms with Gasteiger partial charge in [0.25, 0.3) is 0 Å². The smallest absolute Gasteiger partial charge is 0.210 e. The molecule has 0 bridgehead atoms. The second-order valence-electron chi connectivity index (χ2n) is 6.96. The molecule has 0 radical (unpaired) electrons. The second kappa shape index (κ2) is 5.41. The van der Waals surface area contributed by atoms with Crippen molar-refractivity contribution >= 4 is 22.5 Å². The lowest BCUT2D eigenvalue weighted by Crippen LogP contribution is -2.21. The summed E-state index contributed by atoms with van der Waals surface area (Å²) in [6.45, 7) is 3.74. The van der Waals surface area contributed by atoms with E-state index in [9.17, 15) is 0 Å². The van der Waals surface area contributed by atoms with Gasteiger partial charge in [-0.25, -0.2) is 9.38 Å². The quantitative estimate of drug-likeness (QED) is 0.799. The number of hydrogen-bond donors (Lipinski definition) is 1. The van der Waals surface area contributed by atoms with E-state index in [0.717, 1.165) is 54.3 Å². The molecule has 1 aliphatic carbocycles. The van der Waals surface area contributed by atoms with Crippen molar-refractivity contribution in [3.05, 3.63) is 29.6 Å². The molecule has 2 fully saturated rings. The van der Waals surface area contributed by atoms with E-state index in [1.165, 1.54) is 18.4 Å². The van der Waals surface area contributed by atoms with E-state index in [2.05, 4.69) is 45.0 Å². The highest BCUT2D eigenvalue weighted by Crippen LogP contribution is 2.40. The van der Waals surface area contributed by atoms with Crippen molar-refractivity contribution in [1.29, 1.82) is 0 Å².